The second-order valence-corrected chi connectivity index (χ2v) is 5.74. The van der Waals surface area contributed by atoms with Gasteiger partial charge in [-0.15, -0.1) is 0 Å². The van der Waals surface area contributed by atoms with E-state index in [0.29, 0.717) is 17.7 Å². The minimum Gasteiger partial charge on any atom is -0.367 e. The summed E-state index contributed by atoms with van der Waals surface area (Å²) in [7, 11) is 0. The first-order valence-electron chi connectivity index (χ1n) is 6.83. The quantitative estimate of drug-likeness (QED) is 0.892. The molecule has 0 saturated heterocycles. The number of nitrogens with zero attached hydrogens (tertiary/aromatic N) is 1. The highest BCUT2D eigenvalue weighted by Gasteiger charge is 2.16. The molecule has 1 aromatic carbocycles. The van der Waals surface area contributed by atoms with Gasteiger partial charge in [-0.3, -0.25) is 0 Å². The third-order valence-corrected chi connectivity index (χ3v) is 3.26. The molecule has 1 heterocycles. The second kappa shape index (κ2) is 5.47. The molecule has 0 bridgehead atoms. The van der Waals surface area contributed by atoms with Crippen molar-refractivity contribution in [3.8, 4) is 11.1 Å². The van der Waals surface area contributed by atoms with Crippen LogP contribution in [0.4, 0.5) is 5.88 Å². The highest BCUT2D eigenvalue weighted by Crippen LogP contribution is 2.32. The maximum absolute atomic E-state index is 5.92. The molecule has 0 aliphatic heterocycles. The molecule has 3 heteroatoms. The minimum absolute atomic E-state index is 0.410. The fourth-order valence-corrected chi connectivity index (χ4v) is 2.21. The first-order chi connectivity index (χ1) is 8.99. The Bertz CT molecular complexity index is 538. The van der Waals surface area contributed by atoms with Crippen LogP contribution in [0.3, 0.4) is 0 Å². The fraction of sp³-hybridized carbons (Fsp3) is 0.438. The Balaban J connectivity index is 2.38. The molecule has 2 aromatic rings. The van der Waals surface area contributed by atoms with Crippen LogP contribution in [0.15, 0.2) is 28.8 Å². The van der Waals surface area contributed by atoms with E-state index >= 15 is 0 Å². The van der Waals surface area contributed by atoms with Gasteiger partial charge in [0, 0.05) is 0 Å². The third kappa shape index (κ3) is 2.98. The van der Waals surface area contributed by atoms with Crippen LogP contribution in [0.5, 0.6) is 0 Å². The molecule has 2 rings (SSSR count). The molecule has 1 aromatic heterocycles. The highest BCUT2D eigenvalue weighted by molar-refractivity contribution is 5.75. The lowest BCUT2D eigenvalue weighted by molar-refractivity contribution is 0.422. The first kappa shape index (κ1) is 13.7. The zero-order valence-electron chi connectivity index (χ0n) is 12.1. The van der Waals surface area contributed by atoms with E-state index in [0.717, 1.165) is 23.2 Å². The maximum atomic E-state index is 5.92. The largest absolute Gasteiger partial charge is 0.367 e. The first-order valence-corrected chi connectivity index (χ1v) is 6.83. The summed E-state index contributed by atoms with van der Waals surface area (Å²) in [6, 6.07) is 8.49. The van der Waals surface area contributed by atoms with Crippen molar-refractivity contribution in [3.63, 3.8) is 0 Å². The van der Waals surface area contributed by atoms with E-state index < -0.39 is 0 Å². The molecule has 19 heavy (non-hydrogen) atoms. The molecular weight excluding hydrogens is 236 g/mol. The summed E-state index contributed by atoms with van der Waals surface area (Å²) in [5, 5.41) is 4.09. The molecule has 0 aliphatic carbocycles. The number of nitrogens with two attached hydrogens (primary N) is 1. The number of benzene rings is 1. The summed E-state index contributed by atoms with van der Waals surface area (Å²) in [6.07, 6.45) is 0.877. The van der Waals surface area contributed by atoms with Gasteiger partial charge in [-0.25, -0.2) is 0 Å². The Labute approximate surface area is 114 Å². The van der Waals surface area contributed by atoms with Gasteiger partial charge in [-0.05, 0) is 29.4 Å². The molecule has 2 N–H and O–H groups in total. The summed E-state index contributed by atoms with van der Waals surface area (Å²) in [6.45, 7) is 8.70. The van der Waals surface area contributed by atoms with Crippen molar-refractivity contribution in [2.75, 3.05) is 5.73 Å². The van der Waals surface area contributed by atoms with Crippen LogP contribution in [0.25, 0.3) is 11.1 Å². The van der Waals surface area contributed by atoms with E-state index in [-0.39, 0.29) is 0 Å². The maximum Gasteiger partial charge on any atom is 0.230 e. The number of aromatic nitrogens is 1. The van der Waals surface area contributed by atoms with E-state index in [2.05, 4.69) is 57.1 Å². The van der Waals surface area contributed by atoms with Crippen LogP contribution < -0.4 is 5.73 Å². The smallest absolute Gasteiger partial charge is 0.230 e. The number of hydrogen-bond acceptors (Lipinski definition) is 3. The molecule has 0 atom stereocenters. The number of hydrogen-bond donors (Lipinski definition) is 1. The molecule has 0 aliphatic rings. The van der Waals surface area contributed by atoms with Crippen molar-refractivity contribution in [2.45, 2.75) is 40.0 Å². The Morgan fingerprint density at radius 3 is 2.26 bits per heavy atom. The summed E-state index contributed by atoms with van der Waals surface area (Å²) >= 11 is 0. The summed E-state index contributed by atoms with van der Waals surface area (Å²) in [4.78, 5) is 0. The van der Waals surface area contributed by atoms with Crippen LogP contribution in [0.1, 0.15) is 44.9 Å². The van der Waals surface area contributed by atoms with Gasteiger partial charge in [0.25, 0.3) is 0 Å². The standard InChI is InChI=1S/C16H22N2O/c1-10(2)9-14-15(16(17)19-18-14)13-7-5-12(6-8-13)11(3)4/h5-8,10-11H,9,17H2,1-4H3. The minimum atomic E-state index is 0.410. The summed E-state index contributed by atoms with van der Waals surface area (Å²) in [5.41, 5.74) is 10.2. The van der Waals surface area contributed by atoms with Crippen LogP contribution >= 0.6 is 0 Å². The molecule has 0 spiro atoms. The van der Waals surface area contributed by atoms with Gasteiger partial charge in [0.1, 0.15) is 0 Å². The number of nitrogen functional groups attached to an aromatic ring is 1. The summed E-state index contributed by atoms with van der Waals surface area (Å²) < 4.78 is 5.16. The fourth-order valence-electron chi connectivity index (χ4n) is 2.21. The zero-order valence-corrected chi connectivity index (χ0v) is 12.1. The molecule has 0 saturated carbocycles. The van der Waals surface area contributed by atoms with Crippen molar-refractivity contribution >= 4 is 5.88 Å². The lowest BCUT2D eigenvalue weighted by atomic mass is 9.96. The molecule has 0 amide bonds. The number of rotatable bonds is 4. The average molecular weight is 258 g/mol. The molecule has 3 nitrogen and oxygen atoms in total. The molecule has 0 unspecified atom stereocenters. The normalized spacial score (nSPS) is 11.5. The average Bonchev–Trinajstić information content (AvgIpc) is 2.70. The predicted molar refractivity (Wildman–Crippen MR) is 79.0 cm³/mol. The SMILES string of the molecule is CC(C)Cc1noc(N)c1-c1ccc(C(C)C)cc1. The second-order valence-electron chi connectivity index (χ2n) is 5.74. The van der Waals surface area contributed by atoms with Gasteiger partial charge in [0.05, 0.1) is 11.3 Å². The van der Waals surface area contributed by atoms with E-state index in [1.54, 1.807) is 0 Å². The van der Waals surface area contributed by atoms with Crippen LogP contribution in [0, 0.1) is 5.92 Å². The topological polar surface area (TPSA) is 52.0 Å². The molecule has 102 valence electrons. The van der Waals surface area contributed by atoms with Crippen molar-refractivity contribution in [2.24, 2.45) is 5.92 Å². The Kier molecular flexibility index (Phi) is 3.93. The van der Waals surface area contributed by atoms with Gasteiger partial charge in [-0.2, -0.15) is 0 Å². The van der Waals surface area contributed by atoms with Gasteiger partial charge >= 0.3 is 0 Å². The lowest BCUT2D eigenvalue weighted by Gasteiger charge is -2.08. The van der Waals surface area contributed by atoms with E-state index in [1.807, 2.05) is 0 Å². The van der Waals surface area contributed by atoms with Gasteiger partial charge < -0.3 is 10.3 Å². The molecular formula is C16H22N2O. The Hall–Kier alpha value is -1.77. The van der Waals surface area contributed by atoms with Gasteiger partial charge in [-0.1, -0.05) is 57.1 Å². The van der Waals surface area contributed by atoms with E-state index in [1.165, 1.54) is 5.56 Å². The molecule has 0 radical (unpaired) electrons. The van der Waals surface area contributed by atoms with Crippen molar-refractivity contribution in [1.29, 1.82) is 0 Å². The molecule has 0 fully saturated rings. The van der Waals surface area contributed by atoms with Crippen molar-refractivity contribution in [1.82, 2.24) is 5.16 Å². The lowest BCUT2D eigenvalue weighted by Crippen LogP contribution is -1.97. The van der Waals surface area contributed by atoms with E-state index in [4.69, 9.17) is 10.3 Å². The van der Waals surface area contributed by atoms with Crippen LogP contribution in [-0.4, -0.2) is 5.16 Å². The van der Waals surface area contributed by atoms with Crippen LogP contribution in [-0.2, 0) is 6.42 Å². The Morgan fingerprint density at radius 1 is 1.11 bits per heavy atom. The van der Waals surface area contributed by atoms with Gasteiger partial charge in [0.15, 0.2) is 0 Å². The van der Waals surface area contributed by atoms with Crippen molar-refractivity contribution in [3.05, 3.63) is 35.5 Å². The van der Waals surface area contributed by atoms with Crippen LogP contribution in [0.2, 0.25) is 0 Å². The monoisotopic (exact) mass is 258 g/mol. The third-order valence-electron chi connectivity index (χ3n) is 3.26. The predicted octanol–water partition coefficient (Wildman–Crippen LogP) is 4.25. The van der Waals surface area contributed by atoms with Gasteiger partial charge in [0.2, 0.25) is 5.88 Å². The highest BCUT2D eigenvalue weighted by atomic mass is 16.5. The van der Waals surface area contributed by atoms with Crippen molar-refractivity contribution < 1.29 is 4.52 Å². The van der Waals surface area contributed by atoms with E-state index in [9.17, 15) is 0 Å². The number of anilines is 1. The zero-order chi connectivity index (χ0) is 14.0. The summed E-state index contributed by atoms with van der Waals surface area (Å²) in [5.74, 6) is 1.47. The Morgan fingerprint density at radius 2 is 1.74 bits per heavy atom.